The Kier molecular flexibility index (Phi) is 2.88. The Morgan fingerprint density at radius 3 is 2.92 bits per heavy atom. The van der Waals surface area contributed by atoms with Crippen LogP contribution in [0.1, 0.15) is 5.82 Å². The van der Waals surface area contributed by atoms with Crippen molar-refractivity contribution in [3.8, 4) is 0 Å². The van der Waals surface area contributed by atoms with Gasteiger partial charge in [0.1, 0.15) is 7.11 Å². The van der Waals surface area contributed by atoms with Crippen LogP contribution in [-0.2, 0) is 9.63 Å². The average molecular weight is 202 g/mol. The second-order valence-corrected chi connectivity index (χ2v) is 2.99. The van der Waals surface area contributed by atoms with E-state index in [1.54, 1.807) is 0 Å². The van der Waals surface area contributed by atoms with Gasteiger partial charge in [0.05, 0.1) is 5.97 Å². The normalized spacial score (nSPS) is 12.8. The molecular formula is C5H6N4O3S. The van der Waals surface area contributed by atoms with Crippen LogP contribution in [0.5, 0.6) is 0 Å². The second-order valence-electron chi connectivity index (χ2n) is 1.91. The summed E-state index contributed by atoms with van der Waals surface area (Å²) in [6.07, 6.45) is 0. The van der Waals surface area contributed by atoms with Gasteiger partial charge in [-0.25, -0.2) is 0 Å². The highest BCUT2D eigenvalue weighted by molar-refractivity contribution is 7.24. The molecule has 0 aliphatic rings. The van der Waals surface area contributed by atoms with Crippen LogP contribution >= 0.6 is 10.9 Å². The largest absolute Gasteiger partial charge is 0.543 e. The Labute approximate surface area is 76.1 Å². The third kappa shape index (κ3) is 2.20. The molecule has 1 heterocycles. The number of carboxylic acid groups (broad SMARTS) is 1. The lowest BCUT2D eigenvalue weighted by Crippen LogP contribution is -2.33. The third-order valence-corrected chi connectivity index (χ3v) is 1.77. The lowest BCUT2D eigenvalue weighted by molar-refractivity contribution is -0.294. The van der Waals surface area contributed by atoms with Crippen LogP contribution in [-0.4, -0.2) is 28.1 Å². The standard InChI is InChI=1S/C5H6N4O3S/c1-12-8-3(5(10)11)4-7-2-13(6)9-4/h2,6H,1H3,(H,10,11). The Morgan fingerprint density at radius 1 is 1.85 bits per heavy atom. The summed E-state index contributed by atoms with van der Waals surface area (Å²) in [5, 5.41) is 19.0. The van der Waals surface area contributed by atoms with Crippen molar-refractivity contribution < 1.29 is 14.7 Å². The van der Waals surface area contributed by atoms with Gasteiger partial charge in [-0.2, -0.15) is 4.98 Å². The molecule has 0 spiro atoms. The molecule has 1 unspecified atom stereocenters. The van der Waals surface area contributed by atoms with E-state index in [1.165, 1.54) is 12.6 Å². The third-order valence-electron chi connectivity index (χ3n) is 1.06. The van der Waals surface area contributed by atoms with E-state index >= 15 is 0 Å². The monoisotopic (exact) mass is 202 g/mol. The molecule has 1 aromatic heterocycles. The number of rotatable bonds is 3. The van der Waals surface area contributed by atoms with Crippen molar-refractivity contribution in [3.05, 3.63) is 11.3 Å². The molecule has 0 radical (unpaired) electrons. The summed E-state index contributed by atoms with van der Waals surface area (Å²) in [7, 11) is 0.338. The van der Waals surface area contributed by atoms with Gasteiger partial charge in [0, 0.05) is 4.37 Å². The smallest absolute Gasteiger partial charge is 0.279 e. The highest BCUT2D eigenvalue weighted by atomic mass is 32.2. The summed E-state index contributed by atoms with van der Waals surface area (Å²) in [6, 6.07) is 0. The number of carbonyl (C=O) groups excluding carboxylic acids is 1. The summed E-state index contributed by atoms with van der Waals surface area (Å²) in [4.78, 5) is 18.4. The quantitative estimate of drug-likeness (QED) is 0.346. The molecule has 0 amide bonds. The zero-order valence-electron chi connectivity index (χ0n) is 6.63. The van der Waals surface area contributed by atoms with Crippen molar-refractivity contribution in [2.24, 2.45) is 5.16 Å². The summed E-state index contributed by atoms with van der Waals surface area (Å²) < 4.78 is 3.70. The van der Waals surface area contributed by atoms with Gasteiger partial charge in [0.25, 0.3) is 5.51 Å². The summed E-state index contributed by atoms with van der Waals surface area (Å²) in [5.74, 6) is -1.58. The van der Waals surface area contributed by atoms with Crippen LogP contribution in [0.4, 0.5) is 0 Å². The first-order valence-corrected chi connectivity index (χ1v) is 4.39. The molecular weight excluding hydrogens is 196 g/mol. The zero-order valence-corrected chi connectivity index (χ0v) is 7.45. The van der Waals surface area contributed by atoms with Gasteiger partial charge in [-0.1, -0.05) is 5.16 Å². The van der Waals surface area contributed by atoms with Crippen LogP contribution in [0.25, 0.3) is 0 Å². The van der Waals surface area contributed by atoms with E-state index in [0.717, 1.165) is 0 Å². The Hall–Kier alpha value is -1.54. The molecule has 0 aliphatic heterocycles. The van der Waals surface area contributed by atoms with Gasteiger partial charge >= 0.3 is 0 Å². The van der Waals surface area contributed by atoms with Gasteiger partial charge in [0.15, 0.2) is 5.71 Å². The molecule has 0 bridgehead atoms. The number of nitrogen functional groups attached to an aromatic ring is 1. The lowest BCUT2D eigenvalue weighted by atomic mass is 10.4. The summed E-state index contributed by atoms with van der Waals surface area (Å²) in [5.41, 5.74) is 0.864. The summed E-state index contributed by atoms with van der Waals surface area (Å²) in [6.45, 7) is 0. The Morgan fingerprint density at radius 2 is 2.54 bits per heavy atom. The maximum Gasteiger partial charge on any atom is 0.279 e. The highest BCUT2D eigenvalue weighted by Gasteiger charge is 2.16. The first kappa shape index (κ1) is 9.55. The molecule has 1 aromatic rings. The number of nitrogens with zero attached hydrogens (tertiary/aromatic N) is 3. The van der Waals surface area contributed by atoms with Gasteiger partial charge < -0.3 is 14.7 Å². The van der Waals surface area contributed by atoms with Gasteiger partial charge in [-0.3, -0.25) is 0 Å². The van der Waals surface area contributed by atoms with Crippen LogP contribution < -0.4 is 10.2 Å². The molecule has 0 saturated heterocycles. The minimum absolute atomic E-state index is 0.0762. The molecule has 2 N–H and O–H groups in total. The SMILES string of the molecule is CON=C(C(=O)[O-])c1nc[s+](N)n1. The van der Waals surface area contributed by atoms with E-state index in [-0.39, 0.29) is 5.82 Å². The van der Waals surface area contributed by atoms with E-state index in [0.29, 0.717) is 0 Å². The van der Waals surface area contributed by atoms with E-state index in [9.17, 15) is 9.90 Å². The van der Waals surface area contributed by atoms with Crippen molar-refractivity contribution in [1.29, 1.82) is 0 Å². The predicted octanol–water partition coefficient (Wildman–Crippen LogP) is -1.96. The van der Waals surface area contributed by atoms with E-state index in [2.05, 4.69) is 19.4 Å². The van der Waals surface area contributed by atoms with Crippen molar-refractivity contribution in [1.82, 2.24) is 9.36 Å². The number of oxime groups is 1. The fourth-order valence-corrected chi connectivity index (χ4v) is 1.20. The number of aliphatic carboxylic acids is 1. The fraction of sp³-hybridized carbons (Fsp3) is 0.200. The van der Waals surface area contributed by atoms with E-state index in [1.807, 2.05) is 0 Å². The van der Waals surface area contributed by atoms with Crippen LogP contribution in [0.2, 0.25) is 0 Å². The van der Waals surface area contributed by atoms with Gasteiger partial charge in [-0.05, 0) is 0 Å². The topological polar surface area (TPSA) is 114 Å². The minimum Gasteiger partial charge on any atom is -0.543 e. The van der Waals surface area contributed by atoms with Gasteiger partial charge in [0.2, 0.25) is 16.7 Å². The molecule has 0 aliphatic carbocycles. The zero-order chi connectivity index (χ0) is 9.84. The first-order chi connectivity index (χ1) is 6.15. The van der Waals surface area contributed by atoms with Gasteiger partial charge in [-0.15, -0.1) is 5.14 Å². The molecule has 70 valence electrons. The van der Waals surface area contributed by atoms with E-state index in [4.69, 9.17) is 5.14 Å². The Balaban J connectivity index is 3.02. The number of hydrogen-bond acceptors (Lipinski definition) is 7. The number of nitrogens with two attached hydrogens (primary N) is 1. The van der Waals surface area contributed by atoms with Crippen LogP contribution in [0.3, 0.4) is 0 Å². The molecule has 7 nitrogen and oxygen atoms in total. The number of carboxylic acids is 1. The maximum absolute atomic E-state index is 10.5. The van der Waals surface area contributed by atoms with Crippen molar-refractivity contribution >= 4 is 22.5 Å². The molecule has 1 atom stereocenters. The molecule has 0 saturated carbocycles. The molecule has 0 fully saturated rings. The van der Waals surface area contributed by atoms with Crippen molar-refractivity contribution in [2.45, 2.75) is 0 Å². The summed E-state index contributed by atoms with van der Waals surface area (Å²) >= 11 is 0. The van der Waals surface area contributed by atoms with Crippen LogP contribution in [0.15, 0.2) is 10.7 Å². The van der Waals surface area contributed by atoms with Crippen LogP contribution in [0, 0.1) is 0 Å². The number of aromatic nitrogens is 2. The molecule has 0 aromatic carbocycles. The number of carbonyl (C=O) groups is 1. The fourth-order valence-electron chi connectivity index (χ4n) is 0.616. The molecule has 1 rings (SSSR count). The highest BCUT2D eigenvalue weighted by Crippen LogP contribution is 2.03. The second kappa shape index (κ2) is 3.92. The van der Waals surface area contributed by atoms with Crippen molar-refractivity contribution in [3.63, 3.8) is 0 Å². The average Bonchev–Trinajstić information content (AvgIpc) is 2.46. The number of hydrogen-bond donors (Lipinski definition) is 1. The molecule has 13 heavy (non-hydrogen) atoms. The first-order valence-electron chi connectivity index (χ1n) is 3.08. The maximum atomic E-state index is 10.5. The molecule has 8 heteroatoms. The van der Waals surface area contributed by atoms with E-state index < -0.39 is 22.5 Å². The Bertz CT molecular complexity index is 347. The van der Waals surface area contributed by atoms with Crippen molar-refractivity contribution in [2.75, 3.05) is 12.2 Å². The minimum atomic E-state index is -1.50. The lowest BCUT2D eigenvalue weighted by Gasteiger charge is -1.98. The predicted molar refractivity (Wildman–Crippen MR) is 43.2 cm³/mol.